The lowest BCUT2D eigenvalue weighted by Crippen LogP contribution is -2.05. The van der Waals surface area contributed by atoms with Crippen LogP contribution in [0.25, 0.3) is 0 Å². The van der Waals surface area contributed by atoms with Gasteiger partial charge in [0.25, 0.3) is 0 Å². The highest BCUT2D eigenvalue weighted by Crippen LogP contribution is 2.21. The van der Waals surface area contributed by atoms with Crippen molar-refractivity contribution in [3.63, 3.8) is 0 Å². The van der Waals surface area contributed by atoms with E-state index in [9.17, 15) is 0 Å². The number of nitrogens with zero attached hydrogens (tertiary/aromatic N) is 4. The highest BCUT2D eigenvalue weighted by molar-refractivity contribution is 7.98. The smallest absolute Gasteiger partial charge is 0.191 e. The lowest BCUT2D eigenvalue weighted by molar-refractivity contribution is 0.734. The Kier molecular flexibility index (Phi) is 3.98. The van der Waals surface area contributed by atoms with Crippen LogP contribution in [0, 0.1) is 0 Å². The third kappa shape index (κ3) is 2.96. The molecule has 0 unspecified atom stereocenters. The van der Waals surface area contributed by atoms with Crippen molar-refractivity contribution in [3.8, 4) is 0 Å². The molecule has 2 rings (SSSR count). The van der Waals surface area contributed by atoms with Crippen molar-refractivity contribution in [1.29, 1.82) is 0 Å². The maximum Gasteiger partial charge on any atom is 0.191 e. The number of pyridine rings is 1. The summed E-state index contributed by atoms with van der Waals surface area (Å²) in [5.41, 5.74) is 6.45. The number of thioether (sulfide) groups is 1. The second kappa shape index (κ2) is 5.48. The first-order valence-corrected chi connectivity index (χ1v) is 6.38. The molecular weight excluding hydrogens is 258 g/mol. The number of nitrogens with two attached hydrogens (primary N) is 1. The molecule has 17 heavy (non-hydrogen) atoms. The molecule has 0 aliphatic carbocycles. The summed E-state index contributed by atoms with van der Waals surface area (Å²) in [5.74, 6) is 1.48. The molecule has 2 heterocycles. The van der Waals surface area contributed by atoms with Crippen molar-refractivity contribution in [2.24, 2.45) is 12.8 Å². The third-order valence-electron chi connectivity index (χ3n) is 2.24. The average Bonchev–Trinajstić information content (AvgIpc) is 2.67. The SMILES string of the molecule is Cn1c(CN)nnc1SCc1cc(Cl)ccn1. The summed E-state index contributed by atoms with van der Waals surface area (Å²) in [6.45, 7) is 0.388. The fourth-order valence-corrected chi connectivity index (χ4v) is 2.33. The van der Waals surface area contributed by atoms with Crippen molar-refractivity contribution < 1.29 is 0 Å². The van der Waals surface area contributed by atoms with E-state index in [1.807, 2.05) is 17.7 Å². The van der Waals surface area contributed by atoms with Gasteiger partial charge in [0.05, 0.1) is 12.2 Å². The Bertz CT molecular complexity index is 513. The second-order valence-electron chi connectivity index (χ2n) is 3.42. The van der Waals surface area contributed by atoms with Gasteiger partial charge in [-0.2, -0.15) is 0 Å². The molecule has 2 N–H and O–H groups in total. The van der Waals surface area contributed by atoms with Crippen molar-refractivity contribution in [2.75, 3.05) is 0 Å². The number of rotatable bonds is 4. The topological polar surface area (TPSA) is 69.6 Å². The summed E-state index contributed by atoms with van der Waals surface area (Å²) in [7, 11) is 1.90. The summed E-state index contributed by atoms with van der Waals surface area (Å²) >= 11 is 7.44. The minimum Gasteiger partial charge on any atom is -0.324 e. The van der Waals surface area contributed by atoms with Crippen molar-refractivity contribution in [3.05, 3.63) is 34.9 Å². The molecular formula is C10H12ClN5S. The van der Waals surface area contributed by atoms with Crippen LogP contribution in [-0.2, 0) is 19.3 Å². The second-order valence-corrected chi connectivity index (χ2v) is 4.79. The molecule has 2 aromatic rings. The van der Waals surface area contributed by atoms with E-state index in [4.69, 9.17) is 17.3 Å². The van der Waals surface area contributed by atoms with E-state index in [-0.39, 0.29) is 0 Å². The molecule has 5 nitrogen and oxygen atoms in total. The Hall–Kier alpha value is -1.11. The van der Waals surface area contributed by atoms with E-state index in [1.54, 1.807) is 24.0 Å². The molecule has 0 aromatic carbocycles. The zero-order valence-corrected chi connectivity index (χ0v) is 10.9. The van der Waals surface area contributed by atoms with E-state index in [0.717, 1.165) is 16.7 Å². The van der Waals surface area contributed by atoms with Gasteiger partial charge in [0.2, 0.25) is 0 Å². The van der Waals surface area contributed by atoms with Gasteiger partial charge in [0, 0.05) is 24.0 Å². The maximum absolute atomic E-state index is 5.89. The average molecular weight is 270 g/mol. The number of aromatic nitrogens is 4. The molecule has 0 radical (unpaired) electrons. The molecule has 0 saturated carbocycles. The molecule has 7 heteroatoms. The Balaban J connectivity index is 2.05. The normalized spacial score (nSPS) is 10.8. The predicted octanol–water partition coefficient (Wildman–Crippen LogP) is 1.61. The number of hydrogen-bond acceptors (Lipinski definition) is 5. The molecule has 0 saturated heterocycles. The standard InChI is InChI=1S/C10H12ClN5S/c1-16-9(5-12)14-15-10(16)17-6-8-4-7(11)2-3-13-8/h2-4H,5-6,12H2,1H3. The van der Waals surface area contributed by atoms with Gasteiger partial charge in [-0.05, 0) is 12.1 Å². The first-order valence-electron chi connectivity index (χ1n) is 5.02. The van der Waals surface area contributed by atoms with E-state index in [1.165, 1.54) is 0 Å². The van der Waals surface area contributed by atoms with Gasteiger partial charge in [-0.3, -0.25) is 4.98 Å². The molecule has 0 atom stereocenters. The van der Waals surface area contributed by atoms with Gasteiger partial charge in [-0.15, -0.1) is 10.2 Å². The molecule has 90 valence electrons. The Morgan fingerprint density at radius 3 is 2.94 bits per heavy atom. The highest BCUT2D eigenvalue weighted by Gasteiger charge is 2.08. The van der Waals surface area contributed by atoms with Gasteiger partial charge >= 0.3 is 0 Å². The molecule has 0 spiro atoms. The molecule has 0 bridgehead atoms. The van der Waals surface area contributed by atoms with Crippen molar-refractivity contribution in [1.82, 2.24) is 19.7 Å². The fourth-order valence-electron chi connectivity index (χ4n) is 1.31. The third-order valence-corrected chi connectivity index (χ3v) is 3.52. The van der Waals surface area contributed by atoms with E-state index in [0.29, 0.717) is 17.3 Å². The zero-order chi connectivity index (χ0) is 12.3. The van der Waals surface area contributed by atoms with Gasteiger partial charge in [0.15, 0.2) is 5.16 Å². The minimum absolute atomic E-state index is 0.388. The summed E-state index contributed by atoms with van der Waals surface area (Å²) in [4.78, 5) is 4.22. The largest absolute Gasteiger partial charge is 0.324 e. The Labute approximate surface area is 108 Å². The van der Waals surface area contributed by atoms with Gasteiger partial charge in [0.1, 0.15) is 5.82 Å². The summed E-state index contributed by atoms with van der Waals surface area (Å²) in [5, 5.41) is 9.56. The van der Waals surface area contributed by atoms with Crippen LogP contribution in [0.5, 0.6) is 0 Å². The predicted molar refractivity (Wildman–Crippen MR) is 67.7 cm³/mol. The van der Waals surface area contributed by atoms with Crippen LogP contribution in [0.2, 0.25) is 5.02 Å². The first kappa shape index (κ1) is 12.3. The molecule has 0 amide bonds. The molecule has 0 fully saturated rings. The lowest BCUT2D eigenvalue weighted by atomic mass is 10.4. The number of hydrogen-bond donors (Lipinski definition) is 1. The van der Waals surface area contributed by atoms with Gasteiger partial charge in [-0.1, -0.05) is 23.4 Å². The minimum atomic E-state index is 0.388. The summed E-state index contributed by atoms with van der Waals surface area (Å²) in [6, 6.07) is 3.60. The van der Waals surface area contributed by atoms with Crippen LogP contribution in [0.3, 0.4) is 0 Å². The Morgan fingerprint density at radius 2 is 2.29 bits per heavy atom. The monoisotopic (exact) mass is 269 g/mol. The summed E-state index contributed by atoms with van der Waals surface area (Å²) < 4.78 is 1.88. The van der Waals surface area contributed by atoms with Gasteiger partial charge < -0.3 is 10.3 Å². The fraction of sp³-hybridized carbons (Fsp3) is 0.300. The van der Waals surface area contributed by atoms with Crippen LogP contribution in [0.1, 0.15) is 11.5 Å². The highest BCUT2D eigenvalue weighted by atomic mass is 35.5. The van der Waals surface area contributed by atoms with Crippen LogP contribution in [-0.4, -0.2) is 19.7 Å². The van der Waals surface area contributed by atoms with Gasteiger partial charge in [-0.25, -0.2) is 0 Å². The lowest BCUT2D eigenvalue weighted by Gasteiger charge is -2.02. The van der Waals surface area contributed by atoms with Crippen LogP contribution >= 0.6 is 23.4 Å². The number of halogens is 1. The maximum atomic E-state index is 5.89. The molecule has 0 aliphatic heterocycles. The zero-order valence-electron chi connectivity index (χ0n) is 9.30. The van der Waals surface area contributed by atoms with Crippen LogP contribution in [0.4, 0.5) is 0 Å². The van der Waals surface area contributed by atoms with E-state index < -0.39 is 0 Å². The van der Waals surface area contributed by atoms with Crippen LogP contribution < -0.4 is 5.73 Å². The van der Waals surface area contributed by atoms with Crippen molar-refractivity contribution >= 4 is 23.4 Å². The molecule has 0 aliphatic rings. The van der Waals surface area contributed by atoms with E-state index in [2.05, 4.69) is 15.2 Å². The van der Waals surface area contributed by atoms with E-state index >= 15 is 0 Å². The van der Waals surface area contributed by atoms with Crippen molar-refractivity contribution in [2.45, 2.75) is 17.5 Å². The Morgan fingerprint density at radius 1 is 1.47 bits per heavy atom. The van der Waals surface area contributed by atoms with Crippen LogP contribution in [0.15, 0.2) is 23.5 Å². The molecule has 2 aromatic heterocycles. The first-order chi connectivity index (χ1) is 8.20. The quantitative estimate of drug-likeness (QED) is 0.854. The summed E-state index contributed by atoms with van der Waals surface area (Å²) in [6.07, 6.45) is 1.69.